The highest BCUT2D eigenvalue weighted by atomic mass is 35.5. The largest absolute Gasteiger partial charge is 0.317 e. The van der Waals surface area contributed by atoms with E-state index in [1.807, 2.05) is 26.0 Å². The Labute approximate surface area is 210 Å². The maximum atomic E-state index is 12.5. The standard InChI is InChI=1S/C24H26Cl2N4O3S/c1-15-7-6-8-16(2)24(15)30-17(3)9-19(18(30)4)13-27-28-23(31)14-29(34(5,32)33)22-11-20(25)10-21(26)12-22/h6-13H,14H2,1-5H3,(H,28,31)/b27-13-. The van der Waals surface area contributed by atoms with Gasteiger partial charge >= 0.3 is 0 Å². The van der Waals surface area contributed by atoms with Gasteiger partial charge in [-0.2, -0.15) is 5.10 Å². The van der Waals surface area contributed by atoms with Gasteiger partial charge in [-0.1, -0.05) is 41.4 Å². The lowest BCUT2D eigenvalue weighted by atomic mass is 10.1. The minimum Gasteiger partial charge on any atom is -0.317 e. The lowest BCUT2D eigenvalue weighted by Crippen LogP contribution is -2.39. The molecule has 0 spiro atoms. The Bertz CT molecular complexity index is 1340. The molecule has 3 rings (SSSR count). The van der Waals surface area contributed by atoms with Crippen LogP contribution in [-0.4, -0.2) is 37.9 Å². The van der Waals surface area contributed by atoms with Crippen molar-refractivity contribution in [2.75, 3.05) is 17.1 Å². The summed E-state index contributed by atoms with van der Waals surface area (Å²) in [6.45, 7) is 7.64. The molecule has 0 bridgehead atoms. The molecule has 0 radical (unpaired) electrons. The third kappa shape index (κ3) is 5.81. The van der Waals surface area contributed by atoms with Crippen LogP contribution in [-0.2, 0) is 14.8 Å². The normalized spacial score (nSPS) is 11.7. The van der Waals surface area contributed by atoms with Gasteiger partial charge in [0.05, 0.1) is 23.8 Å². The number of anilines is 1. The molecule has 34 heavy (non-hydrogen) atoms. The van der Waals surface area contributed by atoms with Crippen molar-refractivity contribution in [3.8, 4) is 5.69 Å². The number of aromatic nitrogens is 1. The van der Waals surface area contributed by atoms with E-state index >= 15 is 0 Å². The van der Waals surface area contributed by atoms with Gasteiger partial charge < -0.3 is 4.57 Å². The zero-order chi connectivity index (χ0) is 25.2. The van der Waals surface area contributed by atoms with Gasteiger partial charge in [0.1, 0.15) is 6.54 Å². The number of hydrogen-bond donors (Lipinski definition) is 1. The maximum absolute atomic E-state index is 12.5. The van der Waals surface area contributed by atoms with E-state index in [4.69, 9.17) is 23.2 Å². The summed E-state index contributed by atoms with van der Waals surface area (Å²) in [4.78, 5) is 12.5. The zero-order valence-electron chi connectivity index (χ0n) is 19.6. The average molecular weight is 521 g/mol. The first-order chi connectivity index (χ1) is 15.9. The van der Waals surface area contributed by atoms with Gasteiger partial charge in [0.2, 0.25) is 10.0 Å². The molecule has 180 valence electrons. The van der Waals surface area contributed by atoms with Crippen molar-refractivity contribution in [3.63, 3.8) is 0 Å². The van der Waals surface area contributed by atoms with Crippen LogP contribution in [0.4, 0.5) is 5.69 Å². The van der Waals surface area contributed by atoms with E-state index in [0.29, 0.717) is 0 Å². The highest BCUT2D eigenvalue weighted by molar-refractivity contribution is 7.92. The van der Waals surface area contributed by atoms with Crippen LogP contribution < -0.4 is 9.73 Å². The van der Waals surface area contributed by atoms with Gasteiger partial charge in [-0.15, -0.1) is 0 Å². The topological polar surface area (TPSA) is 83.8 Å². The Morgan fingerprint density at radius 3 is 2.21 bits per heavy atom. The number of nitrogens with zero attached hydrogens (tertiary/aromatic N) is 3. The van der Waals surface area contributed by atoms with Crippen molar-refractivity contribution in [3.05, 3.63) is 80.6 Å². The molecule has 3 aromatic rings. The van der Waals surface area contributed by atoms with E-state index in [-0.39, 0.29) is 15.7 Å². The third-order valence-electron chi connectivity index (χ3n) is 5.35. The van der Waals surface area contributed by atoms with Crippen molar-refractivity contribution in [1.82, 2.24) is 9.99 Å². The highest BCUT2D eigenvalue weighted by Crippen LogP contribution is 2.27. The second-order valence-electron chi connectivity index (χ2n) is 8.09. The highest BCUT2D eigenvalue weighted by Gasteiger charge is 2.21. The zero-order valence-corrected chi connectivity index (χ0v) is 21.9. The third-order valence-corrected chi connectivity index (χ3v) is 6.93. The molecule has 0 atom stereocenters. The number of hydrazone groups is 1. The van der Waals surface area contributed by atoms with Crippen LogP contribution in [0.3, 0.4) is 0 Å². The number of carbonyl (C=O) groups is 1. The first-order valence-corrected chi connectivity index (χ1v) is 13.0. The van der Waals surface area contributed by atoms with Crippen LogP contribution in [0.2, 0.25) is 10.0 Å². The van der Waals surface area contributed by atoms with E-state index in [2.05, 4.69) is 41.1 Å². The van der Waals surface area contributed by atoms with Crippen molar-refractivity contribution in [1.29, 1.82) is 0 Å². The minimum absolute atomic E-state index is 0.191. The van der Waals surface area contributed by atoms with Gasteiger partial charge in [-0.3, -0.25) is 9.10 Å². The van der Waals surface area contributed by atoms with Gasteiger partial charge in [0, 0.05) is 27.0 Å². The molecule has 1 heterocycles. The first-order valence-electron chi connectivity index (χ1n) is 10.4. The monoisotopic (exact) mass is 520 g/mol. The quantitative estimate of drug-likeness (QED) is 0.353. The van der Waals surface area contributed by atoms with E-state index in [9.17, 15) is 13.2 Å². The molecule has 0 saturated carbocycles. The second kappa shape index (κ2) is 10.2. The van der Waals surface area contributed by atoms with Crippen LogP contribution in [0.15, 0.2) is 47.6 Å². The summed E-state index contributed by atoms with van der Waals surface area (Å²) >= 11 is 12.0. The Hall–Kier alpha value is -2.81. The number of halogens is 2. The van der Waals surface area contributed by atoms with Crippen molar-refractivity contribution < 1.29 is 13.2 Å². The van der Waals surface area contributed by atoms with Crippen molar-refractivity contribution in [2.24, 2.45) is 5.10 Å². The molecule has 0 fully saturated rings. The fraction of sp³-hybridized carbons (Fsp3) is 0.250. The number of nitrogens with one attached hydrogen (secondary N) is 1. The van der Waals surface area contributed by atoms with E-state index < -0.39 is 22.5 Å². The summed E-state index contributed by atoms with van der Waals surface area (Å²) in [6.07, 6.45) is 2.55. The molecule has 0 unspecified atom stereocenters. The number of benzene rings is 2. The van der Waals surface area contributed by atoms with Crippen LogP contribution in [0, 0.1) is 27.7 Å². The minimum atomic E-state index is -3.77. The fourth-order valence-corrected chi connectivity index (χ4v) is 5.20. The van der Waals surface area contributed by atoms with Crippen molar-refractivity contribution in [2.45, 2.75) is 27.7 Å². The molecule has 0 saturated heterocycles. The Morgan fingerprint density at radius 2 is 1.65 bits per heavy atom. The molecule has 2 aromatic carbocycles. The molecule has 1 aromatic heterocycles. The Kier molecular flexibility index (Phi) is 7.75. The Balaban J connectivity index is 1.79. The molecule has 7 nitrogen and oxygen atoms in total. The lowest BCUT2D eigenvalue weighted by Gasteiger charge is -2.21. The number of amides is 1. The molecular formula is C24H26Cl2N4O3S. The van der Waals surface area contributed by atoms with E-state index in [0.717, 1.165) is 44.3 Å². The summed E-state index contributed by atoms with van der Waals surface area (Å²) in [5.74, 6) is -0.610. The van der Waals surface area contributed by atoms with Crippen LogP contribution in [0.5, 0.6) is 0 Å². The molecule has 1 amide bonds. The van der Waals surface area contributed by atoms with Gasteiger partial charge in [-0.05, 0) is 63.1 Å². The van der Waals surface area contributed by atoms with E-state index in [1.54, 1.807) is 6.21 Å². The number of rotatable bonds is 7. The average Bonchev–Trinajstić information content (AvgIpc) is 2.98. The summed E-state index contributed by atoms with van der Waals surface area (Å²) in [7, 11) is -3.77. The van der Waals surface area contributed by atoms with Crippen LogP contribution >= 0.6 is 23.2 Å². The maximum Gasteiger partial charge on any atom is 0.260 e. The molecule has 1 N–H and O–H groups in total. The molecule has 0 aliphatic heterocycles. The number of carbonyl (C=O) groups excluding carboxylic acids is 1. The lowest BCUT2D eigenvalue weighted by molar-refractivity contribution is -0.119. The van der Waals surface area contributed by atoms with Gasteiger partial charge in [0.25, 0.3) is 5.91 Å². The molecule has 0 aliphatic carbocycles. The summed E-state index contributed by atoms with van der Waals surface area (Å²) in [6, 6.07) is 12.5. The van der Waals surface area contributed by atoms with Gasteiger partial charge in [0.15, 0.2) is 0 Å². The second-order valence-corrected chi connectivity index (χ2v) is 10.9. The summed E-state index contributed by atoms with van der Waals surface area (Å²) in [5.41, 5.74) is 8.85. The fourth-order valence-electron chi connectivity index (χ4n) is 3.84. The van der Waals surface area contributed by atoms with Crippen LogP contribution in [0.1, 0.15) is 28.1 Å². The molecular weight excluding hydrogens is 495 g/mol. The smallest absolute Gasteiger partial charge is 0.260 e. The van der Waals surface area contributed by atoms with Gasteiger partial charge in [-0.25, -0.2) is 13.8 Å². The first kappa shape index (κ1) is 25.8. The SMILES string of the molecule is Cc1cccc(C)c1-n1c(C)cc(/C=N\NC(=O)CN(c2cc(Cl)cc(Cl)c2)S(C)(=O)=O)c1C. The predicted molar refractivity (Wildman–Crippen MR) is 139 cm³/mol. The number of sulfonamides is 1. The number of aryl methyl sites for hydroxylation is 3. The number of hydrogen-bond acceptors (Lipinski definition) is 4. The summed E-state index contributed by atoms with van der Waals surface area (Å²) < 4.78 is 27.6. The molecule has 10 heteroatoms. The summed E-state index contributed by atoms with van der Waals surface area (Å²) in [5, 5.41) is 4.56. The number of para-hydroxylation sites is 1. The van der Waals surface area contributed by atoms with Crippen molar-refractivity contribution >= 4 is 51.0 Å². The van der Waals surface area contributed by atoms with Crippen LogP contribution in [0.25, 0.3) is 5.69 Å². The molecule has 0 aliphatic rings. The van der Waals surface area contributed by atoms with E-state index in [1.165, 1.54) is 18.2 Å². The predicted octanol–water partition coefficient (Wildman–Crippen LogP) is 4.93. The Morgan fingerprint density at radius 1 is 1.06 bits per heavy atom.